The molecule has 4 rings (SSSR count). The van der Waals surface area contributed by atoms with Crippen molar-refractivity contribution in [3.63, 3.8) is 0 Å². The maximum absolute atomic E-state index is 13.0. The van der Waals surface area contributed by atoms with Crippen LogP contribution in [-0.4, -0.2) is 28.5 Å². The second kappa shape index (κ2) is 8.03. The molecular formula is C22H23FN4O2. The summed E-state index contributed by atoms with van der Waals surface area (Å²) >= 11 is 0. The average molecular weight is 394 g/mol. The molecule has 0 spiro atoms. The van der Waals surface area contributed by atoms with E-state index in [1.165, 1.54) is 12.1 Å². The summed E-state index contributed by atoms with van der Waals surface area (Å²) in [5, 5.41) is 2.93. The Kier molecular flexibility index (Phi) is 5.29. The van der Waals surface area contributed by atoms with E-state index in [0.717, 1.165) is 16.6 Å². The van der Waals surface area contributed by atoms with Crippen LogP contribution in [-0.2, 0) is 18.4 Å². The maximum Gasteiger partial charge on any atom is 0.293 e. The van der Waals surface area contributed by atoms with Crippen LogP contribution in [0.5, 0.6) is 0 Å². The molecule has 1 aliphatic heterocycles. The first-order valence-electron chi connectivity index (χ1n) is 9.76. The lowest BCUT2D eigenvalue weighted by Crippen LogP contribution is -2.43. The molecule has 6 nitrogen and oxygen atoms in total. The van der Waals surface area contributed by atoms with Gasteiger partial charge in [-0.1, -0.05) is 24.3 Å². The molecule has 0 radical (unpaired) electrons. The van der Waals surface area contributed by atoms with Gasteiger partial charge in [0, 0.05) is 32.6 Å². The van der Waals surface area contributed by atoms with E-state index >= 15 is 0 Å². The Hall–Kier alpha value is -3.22. The summed E-state index contributed by atoms with van der Waals surface area (Å²) < 4.78 is 14.6. The lowest BCUT2D eigenvalue weighted by atomic mass is 9.96. The van der Waals surface area contributed by atoms with Gasteiger partial charge in [0.15, 0.2) is 5.82 Å². The van der Waals surface area contributed by atoms with Gasteiger partial charge in [-0.15, -0.1) is 0 Å². The topological polar surface area (TPSA) is 67.2 Å². The Morgan fingerprint density at radius 3 is 2.55 bits per heavy atom. The number of rotatable bonds is 4. The molecule has 0 saturated carbocycles. The van der Waals surface area contributed by atoms with Crippen molar-refractivity contribution < 1.29 is 9.18 Å². The first-order valence-corrected chi connectivity index (χ1v) is 9.76. The minimum absolute atomic E-state index is 0.00616. The number of piperidine rings is 1. The van der Waals surface area contributed by atoms with E-state index in [4.69, 9.17) is 0 Å². The standard InChI is InChI=1S/C22H23FN4O2/c1-26-19-5-3-2-4-18(19)25-20(22(26)29)27-12-10-16(11-13-27)21(28)24-14-15-6-8-17(23)9-7-15/h2-9,16H,10-14H2,1H3,(H,24,28). The van der Waals surface area contributed by atoms with Gasteiger partial charge in [0.1, 0.15) is 5.82 Å². The first kappa shape index (κ1) is 19.1. The van der Waals surface area contributed by atoms with Crippen LogP contribution in [0.4, 0.5) is 10.2 Å². The number of hydrogen-bond donors (Lipinski definition) is 1. The number of nitrogens with one attached hydrogen (secondary N) is 1. The van der Waals surface area contributed by atoms with Gasteiger partial charge in [0.25, 0.3) is 5.56 Å². The Morgan fingerprint density at radius 2 is 1.83 bits per heavy atom. The highest BCUT2D eigenvalue weighted by Gasteiger charge is 2.27. The van der Waals surface area contributed by atoms with Gasteiger partial charge in [-0.2, -0.15) is 0 Å². The van der Waals surface area contributed by atoms with Crippen molar-refractivity contribution in [2.75, 3.05) is 18.0 Å². The molecule has 0 atom stereocenters. The molecule has 1 aliphatic rings. The largest absolute Gasteiger partial charge is 0.352 e. The zero-order valence-electron chi connectivity index (χ0n) is 16.3. The van der Waals surface area contributed by atoms with Crippen LogP contribution in [0.15, 0.2) is 53.3 Å². The quantitative estimate of drug-likeness (QED) is 0.739. The number of benzene rings is 2. The molecule has 150 valence electrons. The maximum atomic E-state index is 13.0. The summed E-state index contributed by atoms with van der Waals surface area (Å²) in [7, 11) is 1.76. The van der Waals surface area contributed by atoms with Crippen molar-refractivity contribution in [3.8, 4) is 0 Å². The van der Waals surface area contributed by atoms with Crippen molar-refractivity contribution in [1.82, 2.24) is 14.9 Å². The van der Waals surface area contributed by atoms with Gasteiger partial charge in [0.2, 0.25) is 5.91 Å². The van der Waals surface area contributed by atoms with Crippen LogP contribution in [0.1, 0.15) is 18.4 Å². The van der Waals surface area contributed by atoms with Crippen LogP contribution >= 0.6 is 0 Å². The zero-order valence-corrected chi connectivity index (χ0v) is 16.3. The van der Waals surface area contributed by atoms with Crippen molar-refractivity contribution in [1.29, 1.82) is 0 Å². The van der Waals surface area contributed by atoms with E-state index in [2.05, 4.69) is 10.3 Å². The number of nitrogens with zero attached hydrogens (tertiary/aromatic N) is 3. The highest BCUT2D eigenvalue weighted by atomic mass is 19.1. The van der Waals surface area contributed by atoms with Gasteiger partial charge in [-0.25, -0.2) is 9.37 Å². The molecule has 7 heteroatoms. The minimum atomic E-state index is -0.291. The molecule has 2 heterocycles. The number of carbonyl (C=O) groups excluding carboxylic acids is 1. The molecule has 0 aliphatic carbocycles. The number of carbonyl (C=O) groups is 1. The number of amides is 1. The second-order valence-corrected chi connectivity index (χ2v) is 7.39. The number of fused-ring (bicyclic) bond motifs is 1. The highest BCUT2D eigenvalue weighted by molar-refractivity contribution is 5.79. The smallest absolute Gasteiger partial charge is 0.293 e. The van der Waals surface area contributed by atoms with Crippen LogP contribution in [0.25, 0.3) is 11.0 Å². The van der Waals surface area contributed by atoms with E-state index in [9.17, 15) is 14.0 Å². The Bertz CT molecular complexity index is 1090. The Morgan fingerprint density at radius 1 is 1.14 bits per heavy atom. The van der Waals surface area contributed by atoms with Gasteiger partial charge < -0.3 is 14.8 Å². The highest BCUT2D eigenvalue weighted by Crippen LogP contribution is 2.22. The molecule has 0 bridgehead atoms. The summed E-state index contributed by atoms with van der Waals surface area (Å²) in [5.41, 5.74) is 2.32. The summed E-state index contributed by atoms with van der Waals surface area (Å²) in [5.74, 6) is 0.0432. The third kappa shape index (κ3) is 3.99. The van der Waals surface area contributed by atoms with Crippen LogP contribution in [0.2, 0.25) is 0 Å². The third-order valence-electron chi connectivity index (χ3n) is 5.51. The number of hydrogen-bond acceptors (Lipinski definition) is 4. The molecule has 29 heavy (non-hydrogen) atoms. The number of aromatic nitrogens is 2. The SMILES string of the molecule is Cn1c(=O)c(N2CCC(C(=O)NCc3ccc(F)cc3)CC2)nc2ccccc21. The van der Waals surface area contributed by atoms with Crippen molar-refractivity contribution in [2.45, 2.75) is 19.4 Å². The predicted molar refractivity (Wildman–Crippen MR) is 110 cm³/mol. The number of anilines is 1. The number of aryl methyl sites for hydroxylation is 1. The molecule has 1 saturated heterocycles. The minimum Gasteiger partial charge on any atom is -0.352 e. The summed E-state index contributed by atoms with van der Waals surface area (Å²) in [6.45, 7) is 1.59. The van der Waals surface area contributed by atoms with Crippen LogP contribution < -0.4 is 15.8 Å². The average Bonchev–Trinajstić information content (AvgIpc) is 2.76. The number of halogens is 1. The normalized spacial score (nSPS) is 14.9. The van der Waals surface area contributed by atoms with Crippen LogP contribution in [0, 0.1) is 11.7 Å². The lowest BCUT2D eigenvalue weighted by molar-refractivity contribution is -0.125. The predicted octanol–water partition coefficient (Wildman–Crippen LogP) is 2.61. The molecule has 1 aromatic heterocycles. The molecule has 0 unspecified atom stereocenters. The van der Waals surface area contributed by atoms with Crippen LogP contribution in [0.3, 0.4) is 0 Å². The summed E-state index contributed by atoms with van der Waals surface area (Å²) in [4.78, 5) is 31.8. The fourth-order valence-electron chi connectivity index (χ4n) is 3.76. The fourth-order valence-corrected chi connectivity index (χ4v) is 3.76. The van der Waals surface area contributed by atoms with E-state index in [0.29, 0.717) is 38.3 Å². The fraction of sp³-hybridized carbons (Fsp3) is 0.318. The van der Waals surface area contributed by atoms with Crippen molar-refractivity contribution in [3.05, 3.63) is 70.3 Å². The van der Waals surface area contributed by atoms with E-state index < -0.39 is 0 Å². The summed E-state index contributed by atoms with van der Waals surface area (Å²) in [6, 6.07) is 13.7. The molecule has 1 N–H and O–H groups in total. The lowest BCUT2D eigenvalue weighted by Gasteiger charge is -2.32. The van der Waals surface area contributed by atoms with Gasteiger partial charge in [-0.05, 0) is 42.7 Å². The van der Waals surface area contributed by atoms with E-state index in [1.54, 1.807) is 23.7 Å². The monoisotopic (exact) mass is 394 g/mol. The van der Waals surface area contributed by atoms with Crippen molar-refractivity contribution in [2.24, 2.45) is 13.0 Å². The van der Waals surface area contributed by atoms with E-state index in [-0.39, 0.29) is 23.2 Å². The molecule has 1 fully saturated rings. The first-order chi connectivity index (χ1) is 14.0. The molecular weight excluding hydrogens is 371 g/mol. The Labute approximate surface area is 168 Å². The second-order valence-electron chi connectivity index (χ2n) is 7.39. The van der Waals surface area contributed by atoms with Gasteiger partial charge in [0.05, 0.1) is 11.0 Å². The number of para-hydroxylation sites is 2. The molecule has 3 aromatic rings. The third-order valence-corrected chi connectivity index (χ3v) is 5.51. The van der Waals surface area contributed by atoms with E-state index in [1.807, 2.05) is 29.2 Å². The zero-order chi connectivity index (χ0) is 20.4. The van der Waals surface area contributed by atoms with Gasteiger partial charge in [-0.3, -0.25) is 9.59 Å². The summed E-state index contributed by atoms with van der Waals surface area (Å²) in [6.07, 6.45) is 1.32. The molecule has 2 aromatic carbocycles. The Balaban J connectivity index is 1.40. The van der Waals surface area contributed by atoms with Gasteiger partial charge >= 0.3 is 0 Å². The van der Waals surface area contributed by atoms with Crippen molar-refractivity contribution >= 4 is 22.8 Å². The molecule has 1 amide bonds.